The molecule has 0 unspecified atom stereocenters. The number of thioether (sulfide) groups is 1. The molecule has 1 N–H and O–H groups in total. The summed E-state index contributed by atoms with van der Waals surface area (Å²) in [5, 5.41) is 11.2. The van der Waals surface area contributed by atoms with E-state index in [0.717, 1.165) is 38.1 Å². The van der Waals surface area contributed by atoms with Gasteiger partial charge in [-0.25, -0.2) is 9.37 Å². The van der Waals surface area contributed by atoms with Gasteiger partial charge in [-0.05, 0) is 54.9 Å². The Labute approximate surface area is 197 Å². The van der Waals surface area contributed by atoms with Gasteiger partial charge in [0, 0.05) is 18.5 Å². The summed E-state index contributed by atoms with van der Waals surface area (Å²) in [6.45, 7) is 0.495. The number of carbonyl (C=O) groups excluding carboxylic acids is 1. The molecule has 5 rings (SSSR count). The maximum absolute atomic E-state index is 14.6. The van der Waals surface area contributed by atoms with Crippen molar-refractivity contribution in [2.45, 2.75) is 49.7 Å². The van der Waals surface area contributed by atoms with Crippen molar-refractivity contribution >= 4 is 34.4 Å². The highest BCUT2D eigenvalue weighted by Crippen LogP contribution is 2.29. The molecule has 34 heavy (non-hydrogen) atoms. The number of benzene rings is 2. The topological polar surface area (TPSA) is 77.6 Å². The number of hydrogen-bond donors (Lipinski definition) is 1. The lowest BCUT2D eigenvalue weighted by Gasteiger charge is -2.12. The molecule has 7 nitrogen and oxygen atoms in total. The average molecular weight is 487 g/mol. The Morgan fingerprint density at radius 3 is 2.82 bits per heavy atom. The third-order valence-corrected chi connectivity index (χ3v) is 6.42. The van der Waals surface area contributed by atoms with Gasteiger partial charge in [0.25, 0.3) is 5.76 Å². The Bertz CT molecular complexity index is 1350. The molecule has 3 heterocycles. The van der Waals surface area contributed by atoms with Crippen molar-refractivity contribution in [2.75, 3.05) is 5.32 Å². The Kier molecular flexibility index (Phi) is 6.27. The van der Waals surface area contributed by atoms with E-state index in [9.17, 15) is 18.0 Å². The zero-order valence-electron chi connectivity index (χ0n) is 18.0. The number of rotatable bonds is 6. The van der Waals surface area contributed by atoms with Crippen LogP contribution in [0.15, 0.2) is 47.6 Å². The smallest absolute Gasteiger partial charge is 0.291 e. The first-order valence-electron chi connectivity index (χ1n) is 10.9. The predicted octanol–water partition coefficient (Wildman–Crippen LogP) is 5.11. The summed E-state index contributed by atoms with van der Waals surface area (Å²) < 4.78 is 44.1. The van der Waals surface area contributed by atoms with Crippen LogP contribution in [0.2, 0.25) is 0 Å². The van der Waals surface area contributed by atoms with E-state index in [2.05, 4.69) is 20.5 Å². The maximum Gasteiger partial charge on any atom is 0.291 e. The number of amides is 1. The van der Waals surface area contributed by atoms with Crippen molar-refractivity contribution in [3.8, 4) is 11.4 Å². The van der Waals surface area contributed by atoms with Gasteiger partial charge in [0.05, 0.1) is 16.7 Å². The second-order valence-electron chi connectivity index (χ2n) is 7.99. The van der Waals surface area contributed by atoms with Crippen molar-refractivity contribution in [3.05, 3.63) is 54.1 Å². The average Bonchev–Trinajstić information content (AvgIpc) is 3.27. The van der Waals surface area contributed by atoms with Crippen molar-refractivity contribution in [1.82, 2.24) is 24.3 Å². The molecule has 11 heteroatoms. The normalized spacial score (nSPS) is 13.8. The number of anilines is 1. The summed E-state index contributed by atoms with van der Waals surface area (Å²) in [5.41, 5.74) is 1.67. The van der Waals surface area contributed by atoms with E-state index in [-0.39, 0.29) is 29.2 Å². The Morgan fingerprint density at radius 1 is 1.12 bits per heavy atom. The fourth-order valence-electron chi connectivity index (χ4n) is 4.17. The molecule has 0 aliphatic carbocycles. The van der Waals surface area contributed by atoms with Crippen LogP contribution in [0.25, 0.3) is 22.4 Å². The lowest BCUT2D eigenvalue weighted by molar-refractivity contribution is -0.116. The Hall–Kier alpha value is -3.34. The summed E-state index contributed by atoms with van der Waals surface area (Å²) in [6, 6.07) is 11.3. The highest BCUT2D eigenvalue weighted by Gasteiger charge is 2.20. The standard InChI is InChI=1S/C23H21F3N6OS/c24-15-10-9-14(21-30-29-19-8-2-1-5-11-31(19)21)12-17(15)27-20(33)13-32-18-7-4-3-6-16(18)28-23(32)34-22(25)26/h3-4,6-7,9-10,12,22H,1-2,5,8,11,13H2,(H,27,33). The summed E-state index contributed by atoms with van der Waals surface area (Å²) in [5.74, 6) is -2.33. The molecule has 0 atom stereocenters. The molecule has 0 radical (unpaired) electrons. The number of imidazole rings is 1. The number of halogens is 3. The van der Waals surface area contributed by atoms with Gasteiger partial charge in [0.2, 0.25) is 5.91 Å². The van der Waals surface area contributed by atoms with E-state index in [1.54, 1.807) is 30.3 Å². The number of aryl methyl sites for hydroxylation is 1. The molecule has 0 spiro atoms. The SMILES string of the molecule is O=C(Cn1c(SC(F)F)nc2ccccc21)Nc1cc(-c2nnc3n2CCCCC3)ccc1F. The molecule has 0 fully saturated rings. The van der Waals surface area contributed by atoms with Gasteiger partial charge in [0.1, 0.15) is 18.2 Å². The minimum Gasteiger partial charge on any atom is -0.322 e. The van der Waals surface area contributed by atoms with Crippen molar-refractivity contribution in [2.24, 2.45) is 0 Å². The number of fused-ring (bicyclic) bond motifs is 2. The zero-order valence-corrected chi connectivity index (χ0v) is 18.9. The van der Waals surface area contributed by atoms with Crippen LogP contribution in [-0.2, 0) is 24.3 Å². The first kappa shape index (κ1) is 22.5. The number of para-hydroxylation sites is 2. The molecule has 2 aromatic carbocycles. The largest absolute Gasteiger partial charge is 0.322 e. The Balaban J connectivity index is 1.41. The van der Waals surface area contributed by atoms with E-state index >= 15 is 0 Å². The number of hydrogen-bond acceptors (Lipinski definition) is 5. The molecule has 1 aliphatic rings. The van der Waals surface area contributed by atoms with Crippen LogP contribution in [0.5, 0.6) is 0 Å². The molecule has 2 aromatic heterocycles. The molecule has 0 saturated carbocycles. The molecule has 1 aliphatic heterocycles. The molecule has 1 amide bonds. The second kappa shape index (κ2) is 9.49. The molecule has 176 valence electrons. The molecular weight excluding hydrogens is 465 g/mol. The Morgan fingerprint density at radius 2 is 1.97 bits per heavy atom. The first-order chi connectivity index (χ1) is 16.5. The molecule has 0 saturated heterocycles. The van der Waals surface area contributed by atoms with E-state index in [4.69, 9.17) is 0 Å². The van der Waals surface area contributed by atoms with Crippen LogP contribution in [-0.4, -0.2) is 36.0 Å². The first-order valence-corrected chi connectivity index (χ1v) is 11.8. The third-order valence-electron chi connectivity index (χ3n) is 5.72. The number of alkyl halides is 2. The second-order valence-corrected chi connectivity index (χ2v) is 8.95. The third kappa shape index (κ3) is 4.52. The molecule has 0 bridgehead atoms. The van der Waals surface area contributed by atoms with Gasteiger partial charge in [-0.2, -0.15) is 8.78 Å². The summed E-state index contributed by atoms with van der Waals surface area (Å²) >= 11 is 0.264. The van der Waals surface area contributed by atoms with Crippen molar-refractivity contribution < 1.29 is 18.0 Å². The maximum atomic E-state index is 14.6. The van der Waals surface area contributed by atoms with Crippen LogP contribution in [0.1, 0.15) is 25.1 Å². The highest BCUT2D eigenvalue weighted by molar-refractivity contribution is 7.99. The van der Waals surface area contributed by atoms with Crippen LogP contribution in [0.4, 0.5) is 18.9 Å². The quantitative estimate of drug-likeness (QED) is 0.383. The minimum atomic E-state index is -2.69. The van der Waals surface area contributed by atoms with Gasteiger partial charge in [-0.1, -0.05) is 18.6 Å². The minimum absolute atomic E-state index is 0.0130. The van der Waals surface area contributed by atoms with Crippen LogP contribution in [0, 0.1) is 5.82 Å². The van der Waals surface area contributed by atoms with Crippen molar-refractivity contribution in [1.29, 1.82) is 0 Å². The number of aromatic nitrogens is 5. The van der Waals surface area contributed by atoms with Crippen LogP contribution in [0.3, 0.4) is 0 Å². The zero-order chi connectivity index (χ0) is 23.7. The van der Waals surface area contributed by atoms with Crippen LogP contribution >= 0.6 is 11.8 Å². The lowest BCUT2D eigenvalue weighted by Crippen LogP contribution is -2.20. The number of nitrogens with zero attached hydrogens (tertiary/aromatic N) is 5. The van der Waals surface area contributed by atoms with Gasteiger partial charge in [-0.15, -0.1) is 10.2 Å². The fourth-order valence-corrected chi connectivity index (χ4v) is 4.77. The van der Waals surface area contributed by atoms with E-state index in [0.29, 0.717) is 22.4 Å². The van der Waals surface area contributed by atoms with Gasteiger partial charge in [0.15, 0.2) is 11.0 Å². The monoisotopic (exact) mass is 486 g/mol. The number of nitrogens with one attached hydrogen (secondary N) is 1. The van der Waals surface area contributed by atoms with Gasteiger partial charge >= 0.3 is 0 Å². The highest BCUT2D eigenvalue weighted by atomic mass is 32.2. The fraction of sp³-hybridized carbons (Fsp3) is 0.304. The number of carbonyl (C=O) groups is 1. The lowest BCUT2D eigenvalue weighted by atomic mass is 10.1. The van der Waals surface area contributed by atoms with E-state index in [1.807, 2.05) is 4.57 Å². The van der Waals surface area contributed by atoms with E-state index < -0.39 is 17.5 Å². The van der Waals surface area contributed by atoms with E-state index in [1.165, 1.54) is 16.7 Å². The predicted molar refractivity (Wildman–Crippen MR) is 123 cm³/mol. The van der Waals surface area contributed by atoms with Gasteiger partial charge < -0.3 is 14.5 Å². The van der Waals surface area contributed by atoms with Gasteiger partial charge in [-0.3, -0.25) is 4.79 Å². The summed E-state index contributed by atoms with van der Waals surface area (Å²) in [4.78, 5) is 17.0. The molecular formula is C23H21F3N6OS. The van der Waals surface area contributed by atoms with Crippen LogP contribution < -0.4 is 5.32 Å². The molecule has 4 aromatic rings. The summed E-state index contributed by atoms with van der Waals surface area (Å²) in [6.07, 6.45) is 4.02. The van der Waals surface area contributed by atoms with Crippen molar-refractivity contribution in [3.63, 3.8) is 0 Å². The summed E-state index contributed by atoms with van der Waals surface area (Å²) in [7, 11) is 0.